The molecule has 2 heterocycles. The molecule has 0 aromatic carbocycles. The number of likely N-dealkylation sites (tertiary alicyclic amines) is 2. The topological polar surface area (TPSA) is 152 Å². The molecule has 2 rings (SSSR count). The van der Waals surface area contributed by atoms with E-state index in [9.17, 15) is 28.8 Å². The summed E-state index contributed by atoms with van der Waals surface area (Å²) in [5.41, 5.74) is 0. The number of carbonyl (C=O) groups is 6. The molecule has 2 fully saturated rings. The van der Waals surface area contributed by atoms with Gasteiger partial charge in [0.15, 0.2) is 0 Å². The Kier molecular flexibility index (Phi) is 96.9. The van der Waals surface area contributed by atoms with Crippen LogP contribution >= 0.6 is 0 Å². The van der Waals surface area contributed by atoms with E-state index >= 15 is 0 Å². The minimum atomic E-state index is -0.0290. The fourth-order valence-corrected chi connectivity index (χ4v) is 21.1. The molecule has 2 amide bonds. The van der Waals surface area contributed by atoms with Gasteiger partial charge in [-0.2, -0.15) is 0 Å². The summed E-state index contributed by atoms with van der Waals surface area (Å²) < 4.78 is 23.8. The molecule has 0 spiro atoms. The average molecular weight is 1910 g/mol. The van der Waals surface area contributed by atoms with Crippen LogP contribution in [0.2, 0.25) is 0 Å². The fraction of sp³-hybridized carbons (Fsp3) is 0.950. The highest BCUT2D eigenvalue weighted by Gasteiger charge is 2.28. The van der Waals surface area contributed by atoms with Crippen LogP contribution in [0.15, 0.2) is 0 Å². The number of carbonyl (C=O) groups excluding carboxylic acids is 6. The third-order valence-electron chi connectivity index (χ3n) is 30.2. The van der Waals surface area contributed by atoms with Crippen molar-refractivity contribution in [1.29, 1.82) is 0 Å². The maximum atomic E-state index is 14.1. The summed E-state index contributed by atoms with van der Waals surface area (Å²) >= 11 is 0. The molecule has 4 atom stereocenters. The van der Waals surface area contributed by atoms with Crippen LogP contribution in [0.1, 0.15) is 628 Å². The van der Waals surface area contributed by atoms with E-state index in [-0.39, 0.29) is 36.0 Å². The number of unbranched alkanes of at least 4 members (excludes halogenated alkanes) is 49. The van der Waals surface area contributed by atoms with E-state index in [1.807, 2.05) is 0 Å². The molecule has 0 bridgehead atoms. The minimum absolute atomic E-state index is 0.0282. The van der Waals surface area contributed by atoms with E-state index in [0.29, 0.717) is 100 Å². The molecule has 0 radical (unpaired) electrons. The van der Waals surface area contributed by atoms with E-state index in [4.69, 9.17) is 18.9 Å². The summed E-state index contributed by atoms with van der Waals surface area (Å²) in [5, 5.41) is 0. The molecule has 14 heteroatoms. The van der Waals surface area contributed by atoms with Crippen molar-refractivity contribution in [2.24, 2.45) is 23.7 Å². The van der Waals surface area contributed by atoms with Gasteiger partial charge >= 0.3 is 23.9 Å². The third-order valence-corrected chi connectivity index (χ3v) is 30.2. The van der Waals surface area contributed by atoms with E-state index in [2.05, 4.69) is 88.8 Å². The Morgan fingerprint density at radius 3 is 0.570 bits per heavy atom. The maximum absolute atomic E-state index is 14.1. The van der Waals surface area contributed by atoms with Crippen molar-refractivity contribution >= 4 is 35.7 Å². The standard InChI is InChI=1S/C61H118N2O5.C60H116N2O5/c1-6-11-16-21-24-31-43-56(41-29-19-14-9-4)54-67-60(65)48-36-27-33-45-58(63(53-40-52-62-50-38-39-51-62)59(64)47-35-26-23-18-13-8-3)46-34-28-37-49-61(66)68-55-57(42-30-20-15-10-5)44-32-25-22-17-12-7-2;1-6-11-16-21-24-30-42-55(40-28-19-14-9-4)53-66-59(64)47-35-26-32-44-57(62(52-39-51-61-49-37-38-50-61)58(63)46-34-23-18-13-8-3)45-33-27-36-48-60(65)67-54-56(41-29-20-15-10-5)43-31-25-22-17-12-7-2/h56-58H,6-55H2,1-5H3;55-57H,6-54H2,1-5H3. The van der Waals surface area contributed by atoms with Crippen LogP contribution in [0.5, 0.6) is 0 Å². The van der Waals surface area contributed by atoms with Crippen LogP contribution in [0.3, 0.4) is 0 Å². The molecule has 0 aliphatic carbocycles. The van der Waals surface area contributed by atoms with Crippen molar-refractivity contribution in [3.63, 3.8) is 0 Å². The second-order valence-electron chi connectivity index (χ2n) is 43.2. The van der Waals surface area contributed by atoms with E-state index in [1.54, 1.807) is 0 Å². The highest BCUT2D eigenvalue weighted by atomic mass is 16.5. The van der Waals surface area contributed by atoms with Crippen LogP contribution in [0.4, 0.5) is 0 Å². The number of ether oxygens (including phenoxy) is 4. The Labute approximate surface area is 840 Å². The molecule has 2 saturated heterocycles. The first-order valence-corrected chi connectivity index (χ1v) is 60.9. The molecule has 2 aliphatic rings. The fourth-order valence-electron chi connectivity index (χ4n) is 21.1. The molecule has 0 aromatic heterocycles. The predicted molar refractivity (Wildman–Crippen MR) is 580 cm³/mol. The maximum Gasteiger partial charge on any atom is 0.305 e. The molecular formula is C121H234N4O10. The van der Waals surface area contributed by atoms with Gasteiger partial charge in [-0.25, -0.2) is 0 Å². The molecule has 0 saturated carbocycles. The minimum Gasteiger partial charge on any atom is -0.465 e. The first kappa shape index (κ1) is 130. The highest BCUT2D eigenvalue weighted by Crippen LogP contribution is 2.30. The summed E-state index contributed by atoms with van der Waals surface area (Å²) in [6.07, 6.45) is 100. The van der Waals surface area contributed by atoms with Crippen molar-refractivity contribution in [2.45, 2.75) is 640 Å². The van der Waals surface area contributed by atoms with Gasteiger partial charge in [0.25, 0.3) is 0 Å². The second kappa shape index (κ2) is 101. The molecule has 0 N–H and O–H groups in total. The van der Waals surface area contributed by atoms with Crippen molar-refractivity contribution in [3.8, 4) is 0 Å². The Morgan fingerprint density at radius 1 is 0.200 bits per heavy atom. The second-order valence-corrected chi connectivity index (χ2v) is 43.2. The lowest BCUT2D eigenvalue weighted by Crippen LogP contribution is -2.42. The van der Waals surface area contributed by atoms with Crippen LogP contribution in [-0.2, 0) is 47.7 Å². The molecule has 135 heavy (non-hydrogen) atoms. The molecule has 798 valence electrons. The number of hydrogen-bond donors (Lipinski definition) is 0. The van der Waals surface area contributed by atoms with Gasteiger partial charge in [-0.15, -0.1) is 0 Å². The Hall–Kier alpha value is -3.26. The lowest BCUT2D eigenvalue weighted by molar-refractivity contribution is -0.146. The van der Waals surface area contributed by atoms with Crippen molar-refractivity contribution in [1.82, 2.24) is 19.6 Å². The Morgan fingerprint density at radius 2 is 0.363 bits per heavy atom. The van der Waals surface area contributed by atoms with Crippen molar-refractivity contribution < 1.29 is 47.7 Å². The first-order chi connectivity index (χ1) is 66.2. The largest absolute Gasteiger partial charge is 0.465 e. The molecule has 0 aromatic rings. The molecule has 2 aliphatic heterocycles. The summed E-state index contributed by atoms with van der Waals surface area (Å²) in [6.45, 7) is 33.6. The average Bonchev–Trinajstić information content (AvgIpc) is 1.87. The molecule has 4 unspecified atom stereocenters. The normalized spacial score (nSPS) is 14.3. The first-order valence-electron chi connectivity index (χ1n) is 60.9. The number of rotatable bonds is 103. The van der Waals surface area contributed by atoms with Gasteiger partial charge in [0.2, 0.25) is 11.8 Å². The number of nitrogens with zero attached hydrogens (tertiary/aromatic N) is 4. The summed E-state index contributed by atoms with van der Waals surface area (Å²) in [6, 6.07) is 0.428. The van der Waals surface area contributed by atoms with E-state index in [0.717, 1.165) is 167 Å². The van der Waals surface area contributed by atoms with Gasteiger partial charge in [-0.3, -0.25) is 28.8 Å². The van der Waals surface area contributed by atoms with Gasteiger partial charge in [-0.05, 0) is 217 Å². The number of esters is 4. The van der Waals surface area contributed by atoms with Gasteiger partial charge in [0, 0.05) is 63.7 Å². The third kappa shape index (κ3) is 82.8. The van der Waals surface area contributed by atoms with Gasteiger partial charge in [0.1, 0.15) is 0 Å². The van der Waals surface area contributed by atoms with E-state index < -0.39 is 0 Å². The van der Waals surface area contributed by atoms with Gasteiger partial charge in [-0.1, -0.05) is 435 Å². The zero-order chi connectivity index (χ0) is 98.1. The summed E-state index contributed by atoms with van der Waals surface area (Å²) in [7, 11) is 0. The van der Waals surface area contributed by atoms with E-state index in [1.165, 1.54) is 405 Å². The quantitative estimate of drug-likeness (QED) is 0.0324. The van der Waals surface area contributed by atoms with Crippen LogP contribution in [-0.4, -0.2) is 146 Å². The lowest BCUT2D eigenvalue weighted by Gasteiger charge is -2.33. The summed E-state index contributed by atoms with van der Waals surface area (Å²) in [5.74, 6) is 2.55. The van der Waals surface area contributed by atoms with Crippen LogP contribution in [0, 0.1) is 23.7 Å². The monoisotopic (exact) mass is 1900 g/mol. The van der Waals surface area contributed by atoms with Crippen molar-refractivity contribution in [3.05, 3.63) is 0 Å². The number of amides is 2. The Balaban J connectivity index is 0.00000135. The highest BCUT2D eigenvalue weighted by molar-refractivity contribution is 5.77. The van der Waals surface area contributed by atoms with Gasteiger partial charge in [0.05, 0.1) is 26.4 Å². The lowest BCUT2D eigenvalue weighted by atomic mass is 9.95. The van der Waals surface area contributed by atoms with Crippen molar-refractivity contribution in [2.75, 3.05) is 78.8 Å². The SMILES string of the molecule is CCCCCCCCC(=O)N(CCCN1CCCC1)C(CCCCCC(=O)OCC(CCCCCC)CCCCCCCC)CCCCCC(=O)OCC(CCCCCC)CCCCCCCC.CCCCCCCCC(CCCCCC)COC(=O)CCCCCC(CCCCCC(=O)OCC(CCCCCC)CCCCCCCC)N(CCCN1CCCC1)C(=O)CCCCCCC. The van der Waals surface area contributed by atoms with Crippen LogP contribution in [0.25, 0.3) is 0 Å². The smallest absolute Gasteiger partial charge is 0.305 e. The molecular weight excluding hydrogens is 1670 g/mol. The molecule has 14 nitrogen and oxygen atoms in total. The summed E-state index contributed by atoms with van der Waals surface area (Å²) in [4.78, 5) is 90.1. The number of hydrogen-bond acceptors (Lipinski definition) is 12. The predicted octanol–water partition coefficient (Wildman–Crippen LogP) is 35.8. The Bertz CT molecular complexity index is 2430. The zero-order valence-electron chi connectivity index (χ0n) is 92.3. The van der Waals surface area contributed by atoms with Crippen LogP contribution < -0.4 is 0 Å². The zero-order valence-corrected chi connectivity index (χ0v) is 92.3. The van der Waals surface area contributed by atoms with Gasteiger partial charge < -0.3 is 38.5 Å².